The number of unbranched alkanes of at least 4 members (excludes halogenated alkanes) is 1. The van der Waals surface area contributed by atoms with Gasteiger partial charge in [-0.05, 0) is 24.6 Å². The molecular formula is C15H17ClN4O. The van der Waals surface area contributed by atoms with Gasteiger partial charge in [-0.2, -0.15) is 0 Å². The van der Waals surface area contributed by atoms with Gasteiger partial charge in [0.25, 0.3) is 5.91 Å². The van der Waals surface area contributed by atoms with Gasteiger partial charge in [-0.3, -0.25) is 4.79 Å². The third-order valence-corrected chi connectivity index (χ3v) is 3.05. The van der Waals surface area contributed by atoms with Crippen LogP contribution in [0.5, 0.6) is 0 Å². The number of benzene rings is 1. The monoisotopic (exact) mass is 304 g/mol. The first-order chi connectivity index (χ1) is 10.2. The van der Waals surface area contributed by atoms with Crippen LogP contribution in [0.1, 0.15) is 30.1 Å². The molecule has 0 bridgehead atoms. The number of carbonyl (C=O) groups excluding carboxylic acids is 1. The van der Waals surface area contributed by atoms with Crippen LogP contribution >= 0.6 is 11.6 Å². The van der Waals surface area contributed by atoms with Gasteiger partial charge in [-0.1, -0.05) is 31.0 Å². The Bertz CT molecular complexity index is 601. The smallest absolute Gasteiger partial charge is 0.254 e. The molecule has 0 unspecified atom stereocenters. The average Bonchev–Trinajstić information content (AvgIpc) is 2.48. The summed E-state index contributed by atoms with van der Waals surface area (Å²) in [6.07, 6.45) is 5.00. The average molecular weight is 305 g/mol. The fourth-order valence-electron chi connectivity index (χ4n) is 1.69. The Balaban J connectivity index is 1.97. The first-order valence-electron chi connectivity index (χ1n) is 6.82. The molecule has 6 heteroatoms. The topological polar surface area (TPSA) is 66.9 Å². The third-order valence-electron chi connectivity index (χ3n) is 2.81. The van der Waals surface area contributed by atoms with Crippen LogP contribution in [-0.4, -0.2) is 22.4 Å². The second-order valence-electron chi connectivity index (χ2n) is 4.54. The lowest BCUT2D eigenvalue weighted by atomic mass is 10.3. The number of carbonyl (C=O) groups is 1. The minimum Gasteiger partial charge on any atom is -0.352 e. The molecule has 0 saturated carbocycles. The highest BCUT2D eigenvalue weighted by atomic mass is 35.5. The van der Waals surface area contributed by atoms with E-state index in [1.807, 2.05) is 12.1 Å². The lowest BCUT2D eigenvalue weighted by Gasteiger charge is -2.06. The van der Waals surface area contributed by atoms with Gasteiger partial charge in [0.1, 0.15) is 0 Å². The van der Waals surface area contributed by atoms with Gasteiger partial charge in [-0.15, -0.1) is 0 Å². The highest BCUT2D eigenvalue weighted by Crippen LogP contribution is 2.17. The number of aromatic nitrogens is 2. The molecular weight excluding hydrogens is 288 g/mol. The summed E-state index contributed by atoms with van der Waals surface area (Å²) in [7, 11) is 0. The van der Waals surface area contributed by atoms with E-state index >= 15 is 0 Å². The fourth-order valence-corrected chi connectivity index (χ4v) is 1.88. The summed E-state index contributed by atoms with van der Waals surface area (Å²) in [5.74, 6) is 0.264. The highest BCUT2D eigenvalue weighted by Gasteiger charge is 2.06. The molecule has 0 radical (unpaired) electrons. The van der Waals surface area contributed by atoms with Crippen molar-refractivity contribution in [3.8, 4) is 0 Å². The van der Waals surface area contributed by atoms with Crippen molar-refractivity contribution in [2.75, 3.05) is 11.9 Å². The highest BCUT2D eigenvalue weighted by molar-refractivity contribution is 6.30. The van der Waals surface area contributed by atoms with Crippen LogP contribution in [0.4, 0.5) is 11.6 Å². The number of rotatable bonds is 6. The molecule has 0 aliphatic heterocycles. The van der Waals surface area contributed by atoms with Gasteiger partial charge in [0.15, 0.2) is 0 Å². The first-order valence-corrected chi connectivity index (χ1v) is 7.19. The lowest BCUT2D eigenvalue weighted by Crippen LogP contribution is -2.24. The van der Waals surface area contributed by atoms with E-state index in [1.165, 1.54) is 12.4 Å². The number of halogens is 1. The van der Waals surface area contributed by atoms with Gasteiger partial charge in [0.05, 0.1) is 5.56 Å². The minimum absolute atomic E-state index is 0.155. The predicted octanol–water partition coefficient (Wildman–Crippen LogP) is 3.40. The van der Waals surface area contributed by atoms with E-state index in [-0.39, 0.29) is 5.91 Å². The van der Waals surface area contributed by atoms with E-state index in [1.54, 1.807) is 12.1 Å². The van der Waals surface area contributed by atoms with E-state index in [0.717, 1.165) is 18.5 Å². The van der Waals surface area contributed by atoms with Crippen LogP contribution in [0, 0.1) is 0 Å². The summed E-state index contributed by atoms with van der Waals surface area (Å²) in [4.78, 5) is 20.1. The van der Waals surface area contributed by atoms with E-state index in [0.29, 0.717) is 23.1 Å². The maximum atomic E-state index is 11.8. The number of hydrogen-bond acceptors (Lipinski definition) is 4. The van der Waals surface area contributed by atoms with Crippen LogP contribution in [0.15, 0.2) is 36.7 Å². The zero-order valence-corrected chi connectivity index (χ0v) is 12.5. The van der Waals surface area contributed by atoms with Crippen molar-refractivity contribution >= 4 is 29.1 Å². The van der Waals surface area contributed by atoms with Crippen LogP contribution in [0.3, 0.4) is 0 Å². The quantitative estimate of drug-likeness (QED) is 0.803. The van der Waals surface area contributed by atoms with Crippen molar-refractivity contribution in [1.82, 2.24) is 15.3 Å². The molecule has 0 spiro atoms. The van der Waals surface area contributed by atoms with Crippen LogP contribution in [0.25, 0.3) is 0 Å². The summed E-state index contributed by atoms with van der Waals surface area (Å²) in [5.41, 5.74) is 1.24. The van der Waals surface area contributed by atoms with Gasteiger partial charge >= 0.3 is 0 Å². The SMILES string of the molecule is CCCCNC(=O)c1cnc(Nc2cccc(Cl)c2)nc1. The minimum atomic E-state index is -0.155. The normalized spacial score (nSPS) is 10.2. The van der Waals surface area contributed by atoms with E-state index in [9.17, 15) is 4.79 Å². The zero-order chi connectivity index (χ0) is 15.1. The molecule has 0 aliphatic carbocycles. The Kier molecular flexibility index (Phi) is 5.51. The molecule has 110 valence electrons. The van der Waals surface area contributed by atoms with E-state index in [4.69, 9.17) is 11.6 Å². The fraction of sp³-hybridized carbons (Fsp3) is 0.267. The molecule has 0 aliphatic rings. The van der Waals surface area contributed by atoms with Crippen molar-refractivity contribution < 1.29 is 4.79 Å². The third kappa shape index (κ3) is 4.72. The Morgan fingerprint density at radius 1 is 1.29 bits per heavy atom. The van der Waals surface area contributed by atoms with Crippen LogP contribution < -0.4 is 10.6 Å². The Hall–Kier alpha value is -2.14. The summed E-state index contributed by atoms with van der Waals surface area (Å²) < 4.78 is 0. The zero-order valence-electron chi connectivity index (χ0n) is 11.8. The Morgan fingerprint density at radius 2 is 2.05 bits per heavy atom. The number of anilines is 2. The Morgan fingerprint density at radius 3 is 2.71 bits per heavy atom. The molecule has 21 heavy (non-hydrogen) atoms. The summed E-state index contributed by atoms with van der Waals surface area (Å²) in [6.45, 7) is 2.74. The molecule has 5 nitrogen and oxygen atoms in total. The van der Waals surface area contributed by atoms with Crippen molar-refractivity contribution in [2.45, 2.75) is 19.8 Å². The van der Waals surface area contributed by atoms with Crippen molar-refractivity contribution in [3.63, 3.8) is 0 Å². The molecule has 1 aromatic carbocycles. The molecule has 2 N–H and O–H groups in total. The molecule has 1 aromatic heterocycles. The largest absolute Gasteiger partial charge is 0.352 e. The van der Waals surface area contributed by atoms with Crippen molar-refractivity contribution in [1.29, 1.82) is 0 Å². The number of nitrogens with zero attached hydrogens (tertiary/aromatic N) is 2. The predicted molar refractivity (Wildman–Crippen MR) is 84.0 cm³/mol. The molecule has 0 atom stereocenters. The molecule has 0 saturated heterocycles. The van der Waals surface area contributed by atoms with Crippen LogP contribution in [-0.2, 0) is 0 Å². The summed E-state index contributed by atoms with van der Waals surface area (Å²) >= 11 is 5.90. The summed E-state index contributed by atoms with van der Waals surface area (Å²) in [6, 6.07) is 7.26. The van der Waals surface area contributed by atoms with Gasteiger partial charge in [0, 0.05) is 29.6 Å². The lowest BCUT2D eigenvalue weighted by molar-refractivity contribution is 0.0952. The molecule has 2 aromatic rings. The van der Waals surface area contributed by atoms with Crippen molar-refractivity contribution in [3.05, 3.63) is 47.2 Å². The second-order valence-corrected chi connectivity index (χ2v) is 4.98. The Labute approximate surface area is 128 Å². The van der Waals surface area contributed by atoms with Gasteiger partial charge < -0.3 is 10.6 Å². The van der Waals surface area contributed by atoms with E-state index in [2.05, 4.69) is 27.5 Å². The van der Waals surface area contributed by atoms with Gasteiger partial charge in [-0.25, -0.2) is 9.97 Å². The standard InChI is InChI=1S/C15H17ClN4O/c1-2-3-7-17-14(21)11-9-18-15(19-10-11)20-13-6-4-5-12(16)8-13/h4-6,8-10H,2-3,7H2,1H3,(H,17,21)(H,18,19,20). The first kappa shape index (κ1) is 15.3. The molecule has 2 rings (SSSR count). The maximum Gasteiger partial charge on any atom is 0.254 e. The number of amides is 1. The second kappa shape index (κ2) is 7.59. The molecule has 1 amide bonds. The number of hydrogen-bond donors (Lipinski definition) is 2. The maximum absolute atomic E-state index is 11.8. The molecule has 1 heterocycles. The summed E-state index contributed by atoms with van der Waals surface area (Å²) in [5, 5.41) is 6.48. The molecule has 0 fully saturated rings. The van der Waals surface area contributed by atoms with E-state index < -0.39 is 0 Å². The number of nitrogens with one attached hydrogen (secondary N) is 2. The van der Waals surface area contributed by atoms with Crippen LogP contribution in [0.2, 0.25) is 5.02 Å². The van der Waals surface area contributed by atoms with Gasteiger partial charge in [0.2, 0.25) is 5.95 Å². The van der Waals surface area contributed by atoms with Crippen molar-refractivity contribution in [2.24, 2.45) is 0 Å².